The van der Waals surface area contributed by atoms with Crippen molar-refractivity contribution in [2.75, 3.05) is 20.3 Å². The highest BCUT2D eigenvalue weighted by molar-refractivity contribution is 6.05. The Morgan fingerprint density at radius 2 is 1.70 bits per heavy atom. The van der Waals surface area contributed by atoms with Crippen molar-refractivity contribution in [2.24, 2.45) is 5.16 Å². The molecule has 1 N–H and O–H groups in total. The Morgan fingerprint density at radius 1 is 1.00 bits per heavy atom. The first-order valence-electron chi connectivity index (χ1n) is 7.92. The number of nitrogens with zero attached hydrogens (tertiary/aromatic N) is 1. The number of methoxy groups -OCH3 is 1. The molecule has 2 aromatic carbocycles. The number of benzene rings is 2. The van der Waals surface area contributed by atoms with Gasteiger partial charge in [0, 0.05) is 5.56 Å². The zero-order valence-electron chi connectivity index (χ0n) is 14.6. The highest BCUT2D eigenvalue weighted by Crippen LogP contribution is 2.09. The van der Waals surface area contributed by atoms with E-state index in [1.165, 1.54) is 6.21 Å². The van der Waals surface area contributed by atoms with Gasteiger partial charge in [-0.25, -0.2) is 4.79 Å². The first kappa shape index (κ1) is 19.6. The minimum absolute atomic E-state index is 0.327. The fourth-order valence-corrected chi connectivity index (χ4v) is 1.89. The molecule has 27 heavy (non-hydrogen) atoms. The third kappa shape index (κ3) is 6.99. The van der Waals surface area contributed by atoms with Crippen LogP contribution in [0, 0.1) is 0 Å². The quantitative estimate of drug-likeness (QED) is 0.430. The summed E-state index contributed by atoms with van der Waals surface area (Å²) in [7, 11) is 1.57. The maximum Gasteiger partial charge on any atom is 0.347 e. The number of carbonyl (C=O) groups is 3. The molecule has 0 aliphatic carbocycles. The molecular weight excluding hydrogens is 352 g/mol. The van der Waals surface area contributed by atoms with E-state index in [-0.39, 0.29) is 0 Å². The lowest BCUT2D eigenvalue weighted by Gasteiger charge is -2.05. The van der Waals surface area contributed by atoms with Gasteiger partial charge in [-0.1, -0.05) is 23.4 Å². The van der Waals surface area contributed by atoms with E-state index in [4.69, 9.17) is 14.3 Å². The van der Waals surface area contributed by atoms with Gasteiger partial charge in [0.1, 0.15) is 5.75 Å². The molecule has 0 aromatic heterocycles. The van der Waals surface area contributed by atoms with Crippen LogP contribution in [0.25, 0.3) is 0 Å². The number of hydrogen-bond acceptors (Lipinski definition) is 7. The number of esters is 1. The van der Waals surface area contributed by atoms with Gasteiger partial charge >= 0.3 is 5.97 Å². The Balaban J connectivity index is 1.65. The Morgan fingerprint density at radius 3 is 2.37 bits per heavy atom. The first-order chi connectivity index (χ1) is 13.1. The van der Waals surface area contributed by atoms with Crippen molar-refractivity contribution in [1.82, 2.24) is 5.32 Å². The highest BCUT2D eigenvalue weighted by Gasteiger charge is 2.12. The monoisotopic (exact) mass is 370 g/mol. The van der Waals surface area contributed by atoms with E-state index in [9.17, 15) is 14.4 Å². The Kier molecular flexibility index (Phi) is 7.52. The van der Waals surface area contributed by atoms with Gasteiger partial charge in [0.2, 0.25) is 6.61 Å². The van der Waals surface area contributed by atoms with Gasteiger partial charge in [0.15, 0.2) is 6.61 Å². The van der Waals surface area contributed by atoms with Crippen molar-refractivity contribution in [2.45, 2.75) is 0 Å². The number of nitrogens with one attached hydrogen (secondary N) is 1. The van der Waals surface area contributed by atoms with Crippen LogP contribution in [-0.2, 0) is 19.2 Å². The lowest BCUT2D eigenvalue weighted by atomic mass is 10.2. The molecule has 8 heteroatoms. The van der Waals surface area contributed by atoms with Crippen molar-refractivity contribution < 1.29 is 28.7 Å². The summed E-state index contributed by atoms with van der Waals surface area (Å²) in [5.74, 6) is -1.39. The van der Waals surface area contributed by atoms with E-state index < -0.39 is 31.0 Å². The molecule has 2 aromatic rings. The molecular formula is C19H18N2O6. The smallest absolute Gasteiger partial charge is 0.347 e. The van der Waals surface area contributed by atoms with E-state index in [1.54, 1.807) is 61.7 Å². The molecule has 2 amide bonds. The zero-order chi connectivity index (χ0) is 19.5. The summed E-state index contributed by atoms with van der Waals surface area (Å²) in [6.45, 7) is -1.06. The maximum absolute atomic E-state index is 11.8. The molecule has 140 valence electrons. The molecule has 0 heterocycles. The van der Waals surface area contributed by atoms with Crippen LogP contribution in [0.5, 0.6) is 5.75 Å². The standard InChI is InChI=1S/C19H18N2O6/c1-25-16-9-7-14(8-10-16)11-20-27-13-18(23)26-12-17(22)21-19(24)15-5-3-2-4-6-15/h2-11H,12-13H2,1H3,(H,21,22,24). The van der Waals surface area contributed by atoms with Crippen molar-refractivity contribution in [1.29, 1.82) is 0 Å². The molecule has 0 fully saturated rings. The molecule has 0 aliphatic heterocycles. The average Bonchev–Trinajstić information content (AvgIpc) is 2.70. The number of rotatable bonds is 8. The average molecular weight is 370 g/mol. The first-order valence-corrected chi connectivity index (χ1v) is 7.92. The van der Waals surface area contributed by atoms with Crippen LogP contribution in [0.1, 0.15) is 15.9 Å². The largest absolute Gasteiger partial charge is 0.497 e. The van der Waals surface area contributed by atoms with E-state index >= 15 is 0 Å². The van der Waals surface area contributed by atoms with E-state index in [0.717, 1.165) is 5.56 Å². The normalized spacial score (nSPS) is 10.3. The molecule has 8 nitrogen and oxygen atoms in total. The summed E-state index contributed by atoms with van der Waals surface area (Å²) in [6.07, 6.45) is 1.41. The van der Waals surface area contributed by atoms with Crippen molar-refractivity contribution in [3.05, 3.63) is 65.7 Å². The molecule has 0 bridgehead atoms. The van der Waals surface area contributed by atoms with Gasteiger partial charge in [-0.3, -0.25) is 14.9 Å². The Labute approximate surface area is 155 Å². The van der Waals surface area contributed by atoms with Gasteiger partial charge < -0.3 is 14.3 Å². The molecule has 0 radical (unpaired) electrons. The molecule has 0 atom stereocenters. The maximum atomic E-state index is 11.8. The lowest BCUT2D eigenvalue weighted by Crippen LogP contribution is -2.34. The second-order valence-electron chi connectivity index (χ2n) is 5.19. The summed E-state index contributed by atoms with van der Waals surface area (Å²) in [5.41, 5.74) is 1.08. The molecule has 2 rings (SSSR count). The number of carbonyl (C=O) groups excluding carboxylic acids is 3. The predicted octanol–water partition coefficient (Wildman–Crippen LogP) is 1.55. The predicted molar refractivity (Wildman–Crippen MR) is 96.4 cm³/mol. The van der Waals surface area contributed by atoms with Gasteiger partial charge in [-0.15, -0.1) is 0 Å². The minimum atomic E-state index is -0.788. The van der Waals surface area contributed by atoms with Gasteiger partial charge in [-0.05, 0) is 42.0 Å². The minimum Gasteiger partial charge on any atom is -0.497 e. The van der Waals surface area contributed by atoms with Crippen LogP contribution in [0.3, 0.4) is 0 Å². The highest BCUT2D eigenvalue weighted by atomic mass is 16.7. The second-order valence-corrected chi connectivity index (χ2v) is 5.19. The SMILES string of the molecule is COc1ccc(C=NOCC(=O)OCC(=O)NC(=O)c2ccccc2)cc1. The number of hydrogen-bond donors (Lipinski definition) is 1. The molecule has 0 aliphatic rings. The number of imide groups is 1. The summed E-state index contributed by atoms with van der Waals surface area (Å²) in [6, 6.07) is 15.2. The Hall–Kier alpha value is -3.68. The van der Waals surface area contributed by atoms with Crippen LogP contribution in [0.15, 0.2) is 59.8 Å². The number of amides is 2. The number of ether oxygens (including phenoxy) is 2. The Bertz CT molecular complexity index is 803. The second kappa shape index (κ2) is 10.3. The molecule has 0 saturated heterocycles. The molecule has 0 spiro atoms. The summed E-state index contributed by atoms with van der Waals surface area (Å²) < 4.78 is 9.74. The molecule has 0 saturated carbocycles. The third-order valence-corrected chi connectivity index (χ3v) is 3.23. The van der Waals surface area contributed by atoms with Crippen molar-refractivity contribution in [3.8, 4) is 5.75 Å². The van der Waals surface area contributed by atoms with Gasteiger partial charge in [0.05, 0.1) is 13.3 Å². The van der Waals surface area contributed by atoms with Crippen LogP contribution < -0.4 is 10.1 Å². The van der Waals surface area contributed by atoms with E-state index in [1.807, 2.05) is 0 Å². The van der Waals surface area contributed by atoms with Gasteiger partial charge in [-0.2, -0.15) is 0 Å². The van der Waals surface area contributed by atoms with Crippen LogP contribution >= 0.6 is 0 Å². The van der Waals surface area contributed by atoms with Crippen LogP contribution in [0.4, 0.5) is 0 Å². The summed E-state index contributed by atoms with van der Waals surface area (Å²) in [5, 5.41) is 5.74. The van der Waals surface area contributed by atoms with Crippen LogP contribution in [0.2, 0.25) is 0 Å². The topological polar surface area (TPSA) is 103 Å². The number of oxime groups is 1. The van der Waals surface area contributed by atoms with E-state index in [2.05, 4.69) is 10.5 Å². The summed E-state index contributed by atoms with van der Waals surface area (Å²) in [4.78, 5) is 39.7. The van der Waals surface area contributed by atoms with Crippen LogP contribution in [-0.4, -0.2) is 44.3 Å². The third-order valence-electron chi connectivity index (χ3n) is 3.23. The lowest BCUT2D eigenvalue weighted by molar-refractivity contribution is -0.152. The molecule has 0 unspecified atom stereocenters. The van der Waals surface area contributed by atoms with Crippen molar-refractivity contribution >= 4 is 24.0 Å². The fourth-order valence-electron chi connectivity index (χ4n) is 1.89. The zero-order valence-corrected chi connectivity index (χ0v) is 14.6. The fraction of sp³-hybridized carbons (Fsp3) is 0.158. The van der Waals surface area contributed by atoms with E-state index in [0.29, 0.717) is 11.3 Å². The summed E-state index contributed by atoms with van der Waals surface area (Å²) >= 11 is 0. The van der Waals surface area contributed by atoms with Crippen molar-refractivity contribution in [3.63, 3.8) is 0 Å². The van der Waals surface area contributed by atoms with Gasteiger partial charge in [0.25, 0.3) is 11.8 Å².